The SMILES string of the molecule is Cc1cn(C2CCCC(NC(=O)C3CC(n4cc(-c5cccc(F)c5)nn4)C(O)C(CO)O3)C2)nn1. The van der Waals surface area contributed by atoms with Crippen LogP contribution in [0.15, 0.2) is 36.7 Å². The van der Waals surface area contributed by atoms with E-state index in [1.807, 2.05) is 17.8 Å². The highest BCUT2D eigenvalue weighted by Crippen LogP contribution is 2.32. The number of rotatable bonds is 6. The lowest BCUT2D eigenvalue weighted by Gasteiger charge is -2.38. The Balaban J connectivity index is 1.28. The van der Waals surface area contributed by atoms with Crippen molar-refractivity contribution in [2.75, 3.05) is 6.61 Å². The maximum absolute atomic E-state index is 13.6. The van der Waals surface area contributed by atoms with E-state index < -0.39 is 36.8 Å². The van der Waals surface area contributed by atoms with E-state index in [2.05, 4.69) is 25.9 Å². The molecule has 6 unspecified atom stereocenters. The first-order chi connectivity index (χ1) is 17.4. The van der Waals surface area contributed by atoms with Crippen LogP contribution in [0.25, 0.3) is 11.3 Å². The van der Waals surface area contributed by atoms with E-state index >= 15 is 0 Å². The third kappa shape index (κ3) is 5.15. The summed E-state index contributed by atoms with van der Waals surface area (Å²) < 4.78 is 22.7. The van der Waals surface area contributed by atoms with Crippen molar-refractivity contribution in [1.29, 1.82) is 0 Å². The van der Waals surface area contributed by atoms with E-state index in [1.165, 1.54) is 16.8 Å². The Morgan fingerprint density at radius 3 is 2.78 bits per heavy atom. The average Bonchev–Trinajstić information content (AvgIpc) is 3.54. The molecule has 0 radical (unpaired) electrons. The Bertz CT molecular complexity index is 1200. The molecule has 1 amide bonds. The number of halogens is 1. The van der Waals surface area contributed by atoms with E-state index in [0.29, 0.717) is 11.3 Å². The van der Waals surface area contributed by atoms with Gasteiger partial charge in [-0.15, -0.1) is 10.2 Å². The lowest BCUT2D eigenvalue weighted by Crippen LogP contribution is -2.54. The summed E-state index contributed by atoms with van der Waals surface area (Å²) in [6.45, 7) is 1.44. The molecule has 5 rings (SSSR count). The number of aliphatic hydroxyl groups is 2. The summed E-state index contributed by atoms with van der Waals surface area (Å²) in [5, 5.41) is 40.2. The number of carbonyl (C=O) groups is 1. The van der Waals surface area contributed by atoms with Gasteiger partial charge >= 0.3 is 0 Å². The second-order valence-corrected chi connectivity index (χ2v) is 9.60. The maximum Gasteiger partial charge on any atom is 0.249 e. The van der Waals surface area contributed by atoms with Gasteiger partial charge in [0, 0.05) is 24.2 Å². The highest BCUT2D eigenvalue weighted by molar-refractivity contribution is 5.81. The van der Waals surface area contributed by atoms with Crippen molar-refractivity contribution >= 4 is 5.91 Å². The minimum Gasteiger partial charge on any atom is -0.394 e. The molecule has 3 N–H and O–H groups in total. The zero-order valence-corrected chi connectivity index (χ0v) is 19.9. The number of ether oxygens (including phenoxy) is 1. The van der Waals surface area contributed by atoms with Gasteiger partial charge in [0.2, 0.25) is 5.91 Å². The predicted molar refractivity (Wildman–Crippen MR) is 125 cm³/mol. The Morgan fingerprint density at radius 2 is 2.03 bits per heavy atom. The Hall–Kier alpha value is -3.22. The fourth-order valence-corrected chi connectivity index (χ4v) is 5.13. The number of nitrogens with one attached hydrogen (secondary N) is 1. The number of aliphatic hydroxyl groups excluding tert-OH is 2. The van der Waals surface area contributed by atoms with E-state index in [0.717, 1.165) is 31.4 Å². The number of hydrogen-bond donors (Lipinski definition) is 3. The van der Waals surface area contributed by atoms with Crippen LogP contribution in [0, 0.1) is 12.7 Å². The van der Waals surface area contributed by atoms with Gasteiger partial charge in [-0.2, -0.15) is 0 Å². The van der Waals surface area contributed by atoms with Crippen molar-refractivity contribution in [2.45, 2.75) is 75.5 Å². The second kappa shape index (κ2) is 10.4. The largest absolute Gasteiger partial charge is 0.394 e. The molecule has 1 saturated carbocycles. The highest BCUT2D eigenvalue weighted by atomic mass is 19.1. The summed E-state index contributed by atoms with van der Waals surface area (Å²) in [5.41, 5.74) is 1.83. The smallest absolute Gasteiger partial charge is 0.249 e. The van der Waals surface area contributed by atoms with Crippen LogP contribution < -0.4 is 5.32 Å². The van der Waals surface area contributed by atoms with Gasteiger partial charge in [0.05, 0.1) is 30.6 Å². The third-order valence-electron chi connectivity index (χ3n) is 7.00. The molecule has 2 aliphatic rings. The fraction of sp³-hybridized carbons (Fsp3) is 0.542. The molecule has 12 heteroatoms. The fourth-order valence-electron chi connectivity index (χ4n) is 5.13. The molecule has 192 valence electrons. The molecule has 0 bridgehead atoms. The lowest BCUT2D eigenvalue weighted by atomic mass is 9.90. The molecule has 11 nitrogen and oxygen atoms in total. The van der Waals surface area contributed by atoms with Crippen molar-refractivity contribution in [3.05, 3.63) is 48.2 Å². The molecule has 36 heavy (non-hydrogen) atoms. The summed E-state index contributed by atoms with van der Waals surface area (Å²) in [4.78, 5) is 13.2. The summed E-state index contributed by atoms with van der Waals surface area (Å²) in [6, 6.07) is 5.44. The molecule has 2 fully saturated rings. The summed E-state index contributed by atoms with van der Waals surface area (Å²) in [6.07, 6.45) is 4.21. The monoisotopic (exact) mass is 499 g/mol. The van der Waals surface area contributed by atoms with Crippen LogP contribution in [0.4, 0.5) is 4.39 Å². The number of amides is 1. The number of aryl methyl sites for hydroxylation is 1. The molecule has 1 aliphatic heterocycles. The van der Waals surface area contributed by atoms with Crippen molar-refractivity contribution < 1.29 is 24.1 Å². The van der Waals surface area contributed by atoms with Crippen LogP contribution in [-0.2, 0) is 9.53 Å². The molecular weight excluding hydrogens is 469 g/mol. The topological polar surface area (TPSA) is 140 Å². The van der Waals surface area contributed by atoms with Crippen LogP contribution in [0.1, 0.15) is 49.9 Å². The Morgan fingerprint density at radius 1 is 1.19 bits per heavy atom. The van der Waals surface area contributed by atoms with Crippen molar-refractivity contribution in [3.8, 4) is 11.3 Å². The summed E-state index contributed by atoms with van der Waals surface area (Å²) in [5.74, 6) is -0.689. The van der Waals surface area contributed by atoms with Gasteiger partial charge in [0.15, 0.2) is 0 Å². The van der Waals surface area contributed by atoms with Crippen LogP contribution in [0.3, 0.4) is 0 Å². The number of nitrogens with zero attached hydrogens (tertiary/aromatic N) is 6. The zero-order valence-electron chi connectivity index (χ0n) is 19.9. The predicted octanol–water partition coefficient (Wildman–Crippen LogP) is 1.34. The number of carbonyl (C=O) groups excluding carboxylic acids is 1. The minimum absolute atomic E-state index is 0.0480. The molecule has 1 aromatic carbocycles. The lowest BCUT2D eigenvalue weighted by molar-refractivity contribution is -0.171. The van der Waals surface area contributed by atoms with Gasteiger partial charge < -0.3 is 20.3 Å². The van der Waals surface area contributed by atoms with Gasteiger partial charge in [-0.25, -0.2) is 13.8 Å². The van der Waals surface area contributed by atoms with E-state index in [1.54, 1.807) is 18.3 Å². The van der Waals surface area contributed by atoms with Crippen LogP contribution in [0.2, 0.25) is 0 Å². The minimum atomic E-state index is -1.10. The standard InChI is InChI=1S/C24H30FN7O4/c1-14-11-31(29-27-14)18-7-3-6-17(9-18)26-24(35)21-10-20(23(34)22(13-33)36-21)32-12-19(28-30-32)15-4-2-5-16(25)8-15/h2,4-5,8,11-12,17-18,20-23,33-34H,3,6-7,9-10,13H2,1H3,(H,26,35). The van der Waals surface area contributed by atoms with Crippen LogP contribution in [-0.4, -0.2) is 77.1 Å². The van der Waals surface area contributed by atoms with Crippen LogP contribution >= 0.6 is 0 Å². The quantitative estimate of drug-likeness (QED) is 0.462. The van der Waals surface area contributed by atoms with Gasteiger partial charge in [-0.1, -0.05) is 22.6 Å². The van der Waals surface area contributed by atoms with E-state index in [-0.39, 0.29) is 24.4 Å². The third-order valence-corrected chi connectivity index (χ3v) is 7.00. The highest BCUT2D eigenvalue weighted by Gasteiger charge is 2.42. The first-order valence-corrected chi connectivity index (χ1v) is 12.2. The molecule has 3 heterocycles. The van der Waals surface area contributed by atoms with E-state index in [9.17, 15) is 19.4 Å². The van der Waals surface area contributed by atoms with Gasteiger partial charge in [-0.3, -0.25) is 4.79 Å². The molecule has 0 spiro atoms. The molecule has 1 aliphatic carbocycles. The first kappa shape index (κ1) is 24.5. The number of aromatic nitrogens is 6. The molecular formula is C24H30FN7O4. The molecule has 3 aromatic rings. The summed E-state index contributed by atoms with van der Waals surface area (Å²) >= 11 is 0. The van der Waals surface area contributed by atoms with Crippen molar-refractivity contribution in [1.82, 2.24) is 35.3 Å². The average molecular weight is 500 g/mol. The van der Waals surface area contributed by atoms with Gasteiger partial charge in [0.25, 0.3) is 0 Å². The summed E-state index contributed by atoms with van der Waals surface area (Å²) in [7, 11) is 0. The molecule has 2 aromatic heterocycles. The van der Waals surface area contributed by atoms with Crippen molar-refractivity contribution in [2.24, 2.45) is 0 Å². The second-order valence-electron chi connectivity index (χ2n) is 9.60. The number of benzene rings is 1. The van der Waals surface area contributed by atoms with E-state index in [4.69, 9.17) is 4.74 Å². The maximum atomic E-state index is 13.6. The van der Waals surface area contributed by atoms with Crippen LogP contribution in [0.5, 0.6) is 0 Å². The van der Waals surface area contributed by atoms with Crippen molar-refractivity contribution in [3.63, 3.8) is 0 Å². The van der Waals surface area contributed by atoms with Gasteiger partial charge in [-0.05, 0) is 44.7 Å². The molecule has 1 saturated heterocycles. The zero-order chi connectivity index (χ0) is 25.2. The normalized spacial score (nSPS) is 28.7. The number of hydrogen-bond acceptors (Lipinski definition) is 8. The Kier molecular flexibility index (Phi) is 7.08. The van der Waals surface area contributed by atoms with Gasteiger partial charge in [0.1, 0.15) is 29.8 Å². The Labute approximate surface area is 207 Å². The molecule has 6 atom stereocenters. The first-order valence-electron chi connectivity index (χ1n) is 12.2.